The van der Waals surface area contributed by atoms with Crippen molar-refractivity contribution in [1.29, 1.82) is 0 Å². The summed E-state index contributed by atoms with van der Waals surface area (Å²) in [5.41, 5.74) is 4.69. The number of aryl methyl sites for hydroxylation is 3. The zero-order valence-corrected chi connectivity index (χ0v) is 15.3. The van der Waals surface area contributed by atoms with E-state index in [0.717, 1.165) is 16.8 Å². The fourth-order valence-corrected chi connectivity index (χ4v) is 3.90. The predicted molar refractivity (Wildman–Crippen MR) is 101 cm³/mol. The number of sulfonamides is 1. The summed E-state index contributed by atoms with van der Waals surface area (Å²) in [6, 6.07) is 18.7. The minimum absolute atomic E-state index is 0.256. The molecule has 0 fully saturated rings. The normalized spacial score (nSPS) is 11.3. The molecule has 0 aliphatic rings. The molecule has 3 aromatic rings. The number of pyridine rings is 1. The Hall–Kier alpha value is -2.66. The second-order valence-electron chi connectivity index (χ2n) is 6.12. The van der Waals surface area contributed by atoms with Crippen molar-refractivity contribution in [2.45, 2.75) is 25.7 Å². The third kappa shape index (κ3) is 3.88. The molecule has 1 heterocycles. The van der Waals surface area contributed by atoms with Gasteiger partial charge in [-0.1, -0.05) is 48.0 Å². The van der Waals surface area contributed by atoms with E-state index < -0.39 is 10.0 Å². The first kappa shape index (κ1) is 17.2. The molecule has 1 aromatic heterocycles. The lowest BCUT2D eigenvalue weighted by atomic mass is 10.0. The van der Waals surface area contributed by atoms with Gasteiger partial charge in [-0.3, -0.25) is 4.72 Å². The number of hydrogen-bond acceptors (Lipinski definition) is 3. The summed E-state index contributed by atoms with van der Waals surface area (Å²) in [6.45, 7) is 5.66. The minimum atomic E-state index is -3.68. The highest BCUT2D eigenvalue weighted by molar-refractivity contribution is 7.92. The summed E-state index contributed by atoms with van der Waals surface area (Å²) in [7, 11) is -3.68. The number of aromatic nitrogens is 1. The van der Waals surface area contributed by atoms with Crippen molar-refractivity contribution < 1.29 is 8.42 Å². The summed E-state index contributed by atoms with van der Waals surface area (Å²) in [5, 5.41) is 0. The van der Waals surface area contributed by atoms with Crippen LogP contribution in [0.2, 0.25) is 0 Å². The molecule has 0 spiro atoms. The number of anilines is 1. The Morgan fingerprint density at radius 1 is 0.840 bits per heavy atom. The summed E-state index contributed by atoms with van der Waals surface area (Å²) in [4.78, 5) is 4.45. The molecule has 1 N–H and O–H groups in total. The van der Waals surface area contributed by atoms with Crippen molar-refractivity contribution in [2.24, 2.45) is 0 Å². The van der Waals surface area contributed by atoms with E-state index in [4.69, 9.17) is 0 Å². The predicted octanol–water partition coefficient (Wildman–Crippen LogP) is 4.47. The van der Waals surface area contributed by atoms with Crippen molar-refractivity contribution >= 4 is 15.8 Å². The molecule has 0 aliphatic carbocycles. The van der Waals surface area contributed by atoms with Gasteiger partial charge in [0.05, 0.1) is 4.90 Å². The van der Waals surface area contributed by atoms with E-state index in [2.05, 4.69) is 9.71 Å². The molecule has 2 aromatic carbocycles. The standard InChI is InChI=1S/C20H20N2O2S/c1-14-7-9-17(10-8-14)18-11-12-19(15(2)13-18)25(23,24)22-20-6-4-5-16(3)21-20/h4-13H,1-3H3,(H,21,22). The molecule has 0 unspecified atom stereocenters. The van der Waals surface area contributed by atoms with Gasteiger partial charge in [-0.15, -0.1) is 0 Å². The van der Waals surface area contributed by atoms with Gasteiger partial charge in [0.25, 0.3) is 10.0 Å². The van der Waals surface area contributed by atoms with Gasteiger partial charge in [-0.05, 0) is 55.7 Å². The molecular weight excluding hydrogens is 332 g/mol. The molecule has 4 nitrogen and oxygen atoms in total. The molecule has 0 saturated carbocycles. The van der Waals surface area contributed by atoms with Crippen LogP contribution >= 0.6 is 0 Å². The van der Waals surface area contributed by atoms with E-state index in [-0.39, 0.29) is 4.90 Å². The smallest absolute Gasteiger partial charge is 0.263 e. The first-order valence-electron chi connectivity index (χ1n) is 7.99. The van der Waals surface area contributed by atoms with Gasteiger partial charge in [0.1, 0.15) is 5.82 Å². The van der Waals surface area contributed by atoms with Crippen LogP contribution in [-0.2, 0) is 10.0 Å². The number of nitrogens with one attached hydrogen (secondary N) is 1. The molecule has 0 radical (unpaired) electrons. The number of hydrogen-bond donors (Lipinski definition) is 1. The fourth-order valence-electron chi connectivity index (χ4n) is 2.67. The zero-order valence-electron chi connectivity index (χ0n) is 14.4. The van der Waals surface area contributed by atoms with Crippen LogP contribution in [0.25, 0.3) is 11.1 Å². The van der Waals surface area contributed by atoms with E-state index in [0.29, 0.717) is 11.4 Å². The van der Waals surface area contributed by atoms with Gasteiger partial charge in [0.15, 0.2) is 0 Å². The Balaban J connectivity index is 1.93. The second-order valence-corrected chi connectivity index (χ2v) is 7.77. The lowest BCUT2D eigenvalue weighted by Gasteiger charge is -2.12. The topological polar surface area (TPSA) is 59.1 Å². The highest BCUT2D eigenvalue weighted by atomic mass is 32.2. The Morgan fingerprint density at radius 3 is 2.16 bits per heavy atom. The van der Waals surface area contributed by atoms with Gasteiger partial charge in [-0.2, -0.15) is 0 Å². The summed E-state index contributed by atoms with van der Waals surface area (Å²) < 4.78 is 27.9. The van der Waals surface area contributed by atoms with Crippen LogP contribution < -0.4 is 4.72 Å². The van der Waals surface area contributed by atoms with Gasteiger partial charge < -0.3 is 0 Å². The lowest BCUT2D eigenvalue weighted by Crippen LogP contribution is -2.15. The molecule has 0 aliphatic heterocycles. The Kier molecular flexibility index (Phi) is 4.59. The summed E-state index contributed by atoms with van der Waals surface area (Å²) >= 11 is 0. The van der Waals surface area contributed by atoms with Crippen LogP contribution in [0.15, 0.2) is 65.6 Å². The fraction of sp³-hybridized carbons (Fsp3) is 0.150. The van der Waals surface area contributed by atoms with Crippen molar-refractivity contribution in [3.63, 3.8) is 0 Å². The molecule has 3 rings (SSSR count). The lowest BCUT2D eigenvalue weighted by molar-refractivity contribution is 0.600. The average Bonchev–Trinajstić information content (AvgIpc) is 2.54. The van der Waals surface area contributed by atoms with Gasteiger partial charge in [0, 0.05) is 5.69 Å². The van der Waals surface area contributed by atoms with Crippen LogP contribution in [-0.4, -0.2) is 13.4 Å². The van der Waals surface area contributed by atoms with Gasteiger partial charge in [-0.25, -0.2) is 13.4 Å². The maximum absolute atomic E-state index is 12.7. The average molecular weight is 352 g/mol. The van der Waals surface area contributed by atoms with E-state index in [1.807, 2.05) is 56.3 Å². The van der Waals surface area contributed by atoms with Gasteiger partial charge >= 0.3 is 0 Å². The monoisotopic (exact) mass is 352 g/mol. The number of rotatable bonds is 4. The van der Waals surface area contributed by atoms with Crippen molar-refractivity contribution in [3.8, 4) is 11.1 Å². The van der Waals surface area contributed by atoms with Gasteiger partial charge in [0.2, 0.25) is 0 Å². The Bertz CT molecular complexity index is 1010. The van der Waals surface area contributed by atoms with E-state index in [9.17, 15) is 8.42 Å². The van der Waals surface area contributed by atoms with Crippen LogP contribution in [0.4, 0.5) is 5.82 Å². The van der Waals surface area contributed by atoms with E-state index >= 15 is 0 Å². The van der Waals surface area contributed by atoms with E-state index in [1.54, 1.807) is 25.1 Å². The molecule has 128 valence electrons. The molecule has 25 heavy (non-hydrogen) atoms. The quantitative estimate of drug-likeness (QED) is 0.753. The summed E-state index contributed by atoms with van der Waals surface area (Å²) in [6.07, 6.45) is 0. The van der Waals surface area contributed by atoms with Crippen molar-refractivity contribution in [3.05, 3.63) is 77.5 Å². The molecule has 0 saturated heterocycles. The molecule has 5 heteroatoms. The third-order valence-corrected chi connectivity index (χ3v) is 5.49. The minimum Gasteiger partial charge on any atom is -0.263 e. The maximum atomic E-state index is 12.7. The summed E-state index contributed by atoms with van der Waals surface area (Å²) in [5.74, 6) is 0.321. The molecule has 0 amide bonds. The highest BCUT2D eigenvalue weighted by Crippen LogP contribution is 2.26. The van der Waals surface area contributed by atoms with Crippen LogP contribution in [0, 0.1) is 20.8 Å². The second kappa shape index (κ2) is 6.69. The largest absolute Gasteiger partial charge is 0.263 e. The molecular formula is C20H20N2O2S. The third-order valence-electron chi connectivity index (χ3n) is 3.98. The van der Waals surface area contributed by atoms with Crippen LogP contribution in [0.3, 0.4) is 0 Å². The first-order chi connectivity index (χ1) is 11.8. The number of nitrogens with zero attached hydrogens (tertiary/aromatic N) is 1. The first-order valence-corrected chi connectivity index (χ1v) is 9.48. The van der Waals surface area contributed by atoms with Crippen molar-refractivity contribution in [1.82, 2.24) is 4.98 Å². The van der Waals surface area contributed by atoms with Crippen LogP contribution in [0.5, 0.6) is 0 Å². The van der Waals surface area contributed by atoms with E-state index in [1.165, 1.54) is 5.56 Å². The molecule has 0 atom stereocenters. The Labute approximate surface area is 148 Å². The number of benzene rings is 2. The highest BCUT2D eigenvalue weighted by Gasteiger charge is 2.18. The van der Waals surface area contributed by atoms with Crippen LogP contribution in [0.1, 0.15) is 16.8 Å². The van der Waals surface area contributed by atoms with Crippen molar-refractivity contribution in [2.75, 3.05) is 4.72 Å². The Morgan fingerprint density at radius 2 is 1.52 bits per heavy atom. The SMILES string of the molecule is Cc1ccc(-c2ccc(S(=O)(=O)Nc3cccc(C)n3)c(C)c2)cc1. The zero-order chi connectivity index (χ0) is 18.0. The maximum Gasteiger partial charge on any atom is 0.263 e. The molecule has 0 bridgehead atoms.